The maximum atomic E-state index is 12.6. The quantitative estimate of drug-likeness (QED) is 0.777. The van der Waals surface area contributed by atoms with Gasteiger partial charge in [-0.25, -0.2) is 0 Å². The third kappa shape index (κ3) is 2.63. The summed E-state index contributed by atoms with van der Waals surface area (Å²) in [6.45, 7) is 4.50. The summed E-state index contributed by atoms with van der Waals surface area (Å²) in [4.78, 5) is 28.6. The summed E-state index contributed by atoms with van der Waals surface area (Å²) in [5.74, 6) is 1.79. The van der Waals surface area contributed by atoms with E-state index in [1.807, 2.05) is 9.80 Å². The van der Waals surface area contributed by atoms with Gasteiger partial charge >= 0.3 is 0 Å². The van der Waals surface area contributed by atoms with E-state index >= 15 is 0 Å². The van der Waals surface area contributed by atoms with Crippen LogP contribution in [0.4, 0.5) is 0 Å². The van der Waals surface area contributed by atoms with Gasteiger partial charge in [-0.1, -0.05) is 6.92 Å². The number of amides is 2. The van der Waals surface area contributed by atoms with Crippen LogP contribution in [0.5, 0.6) is 0 Å². The summed E-state index contributed by atoms with van der Waals surface area (Å²) >= 11 is 0. The Morgan fingerprint density at radius 3 is 2.68 bits per heavy atom. The van der Waals surface area contributed by atoms with Crippen molar-refractivity contribution in [3.63, 3.8) is 0 Å². The molecule has 3 fully saturated rings. The van der Waals surface area contributed by atoms with Crippen molar-refractivity contribution >= 4 is 11.8 Å². The fourth-order valence-corrected chi connectivity index (χ4v) is 3.53. The second kappa shape index (κ2) is 5.14. The summed E-state index contributed by atoms with van der Waals surface area (Å²) in [6, 6.07) is -0.157. The molecule has 2 amide bonds. The summed E-state index contributed by atoms with van der Waals surface area (Å²) in [7, 11) is 0. The molecule has 0 aromatic carbocycles. The molecule has 2 atom stereocenters. The highest BCUT2D eigenvalue weighted by Gasteiger charge is 2.39. The van der Waals surface area contributed by atoms with Gasteiger partial charge in [-0.05, 0) is 43.9 Å². The molecule has 2 saturated heterocycles. The summed E-state index contributed by atoms with van der Waals surface area (Å²) in [5, 5.41) is 0. The summed E-state index contributed by atoms with van der Waals surface area (Å²) < 4.78 is 0. The van der Waals surface area contributed by atoms with Crippen LogP contribution >= 0.6 is 0 Å². The maximum Gasteiger partial charge on any atom is 0.245 e. The molecule has 0 radical (unpaired) electrons. The minimum absolute atomic E-state index is 0.157. The molecule has 3 aliphatic rings. The van der Waals surface area contributed by atoms with Crippen molar-refractivity contribution in [1.29, 1.82) is 0 Å². The van der Waals surface area contributed by atoms with Gasteiger partial charge in [0.15, 0.2) is 0 Å². The molecule has 0 aromatic rings. The number of carbonyl (C=O) groups is 2. The van der Waals surface area contributed by atoms with Crippen molar-refractivity contribution in [3.8, 4) is 0 Å². The van der Waals surface area contributed by atoms with Crippen molar-refractivity contribution in [2.24, 2.45) is 11.8 Å². The molecule has 0 aromatic heterocycles. The van der Waals surface area contributed by atoms with Gasteiger partial charge in [-0.2, -0.15) is 0 Å². The molecule has 0 spiro atoms. The Labute approximate surface area is 115 Å². The number of rotatable bonds is 3. The molecular formula is C15H24N2O2. The topological polar surface area (TPSA) is 40.6 Å². The number of carbonyl (C=O) groups excluding carboxylic acids is 2. The Morgan fingerprint density at radius 1 is 1.16 bits per heavy atom. The Kier molecular flexibility index (Phi) is 3.50. The van der Waals surface area contributed by atoms with Gasteiger partial charge in [0.25, 0.3) is 0 Å². The van der Waals surface area contributed by atoms with Crippen molar-refractivity contribution in [2.75, 3.05) is 19.6 Å². The lowest BCUT2D eigenvalue weighted by atomic mass is 10.0. The number of hydrogen-bond donors (Lipinski definition) is 0. The predicted molar refractivity (Wildman–Crippen MR) is 72.4 cm³/mol. The second-order valence-electron chi connectivity index (χ2n) is 6.45. The minimum atomic E-state index is -0.157. The zero-order chi connectivity index (χ0) is 13.4. The van der Waals surface area contributed by atoms with E-state index in [2.05, 4.69) is 6.92 Å². The molecule has 1 aliphatic carbocycles. The van der Waals surface area contributed by atoms with Crippen molar-refractivity contribution in [2.45, 2.75) is 51.5 Å². The fourth-order valence-electron chi connectivity index (χ4n) is 3.53. The van der Waals surface area contributed by atoms with Gasteiger partial charge in [0.05, 0.1) is 0 Å². The van der Waals surface area contributed by atoms with Gasteiger partial charge in [0.2, 0.25) is 11.8 Å². The van der Waals surface area contributed by atoms with Crippen LogP contribution in [0.2, 0.25) is 0 Å². The smallest absolute Gasteiger partial charge is 0.245 e. The Hall–Kier alpha value is -1.06. The number of nitrogens with zero attached hydrogens (tertiary/aromatic N) is 2. The summed E-state index contributed by atoms with van der Waals surface area (Å²) in [6.07, 6.45) is 6.13. The van der Waals surface area contributed by atoms with E-state index in [1.165, 1.54) is 12.8 Å². The molecule has 106 valence electrons. The fraction of sp³-hybridized carbons (Fsp3) is 0.867. The number of piperidine rings is 1. The number of fused-ring (bicyclic) bond motifs is 1. The van der Waals surface area contributed by atoms with Gasteiger partial charge in [0.1, 0.15) is 6.04 Å². The standard InChI is InChI=1S/C15H24N2O2/c1-11(12-5-6-12)10-16-9-7-14(18)17-8-3-2-4-13(17)15(16)19/h11-13H,2-10H2,1H3. The highest BCUT2D eigenvalue weighted by Crippen LogP contribution is 2.37. The molecule has 1 saturated carbocycles. The zero-order valence-electron chi connectivity index (χ0n) is 11.8. The molecular weight excluding hydrogens is 240 g/mol. The molecule has 2 unspecified atom stereocenters. The van der Waals surface area contributed by atoms with Gasteiger partial charge in [-0.15, -0.1) is 0 Å². The first-order valence-electron chi connectivity index (χ1n) is 7.75. The average Bonchev–Trinajstić information content (AvgIpc) is 3.26. The highest BCUT2D eigenvalue weighted by atomic mass is 16.2. The lowest BCUT2D eigenvalue weighted by Crippen LogP contribution is -2.50. The van der Waals surface area contributed by atoms with Crippen LogP contribution in [0.1, 0.15) is 45.4 Å². The van der Waals surface area contributed by atoms with Gasteiger partial charge in [0, 0.05) is 26.1 Å². The van der Waals surface area contributed by atoms with Gasteiger partial charge in [-0.3, -0.25) is 9.59 Å². The normalized spacial score (nSPS) is 30.1. The Bertz CT molecular complexity index is 378. The molecule has 4 heteroatoms. The third-order valence-corrected chi connectivity index (χ3v) is 4.95. The van der Waals surface area contributed by atoms with Crippen molar-refractivity contribution < 1.29 is 9.59 Å². The summed E-state index contributed by atoms with van der Waals surface area (Å²) in [5.41, 5.74) is 0. The van der Waals surface area contributed by atoms with E-state index in [0.29, 0.717) is 18.9 Å². The van der Waals surface area contributed by atoms with Crippen LogP contribution in [0.3, 0.4) is 0 Å². The lowest BCUT2D eigenvalue weighted by Gasteiger charge is -2.35. The molecule has 2 heterocycles. The lowest BCUT2D eigenvalue weighted by molar-refractivity contribution is -0.143. The van der Waals surface area contributed by atoms with Crippen molar-refractivity contribution in [1.82, 2.24) is 9.80 Å². The van der Waals surface area contributed by atoms with E-state index < -0.39 is 0 Å². The van der Waals surface area contributed by atoms with E-state index in [4.69, 9.17) is 0 Å². The molecule has 2 aliphatic heterocycles. The molecule has 0 bridgehead atoms. The Morgan fingerprint density at radius 2 is 1.95 bits per heavy atom. The first-order chi connectivity index (χ1) is 9.16. The molecule has 19 heavy (non-hydrogen) atoms. The van der Waals surface area contributed by atoms with E-state index in [9.17, 15) is 9.59 Å². The molecule has 0 N–H and O–H groups in total. The molecule has 4 nitrogen and oxygen atoms in total. The maximum absolute atomic E-state index is 12.6. The van der Waals surface area contributed by atoms with Crippen molar-refractivity contribution in [3.05, 3.63) is 0 Å². The number of hydrogen-bond acceptors (Lipinski definition) is 2. The van der Waals surface area contributed by atoms with E-state index in [0.717, 1.165) is 38.3 Å². The van der Waals surface area contributed by atoms with Gasteiger partial charge < -0.3 is 9.80 Å². The first kappa shape index (κ1) is 12.9. The molecule has 3 rings (SSSR count). The first-order valence-corrected chi connectivity index (χ1v) is 7.75. The average molecular weight is 264 g/mol. The van der Waals surface area contributed by atoms with E-state index in [1.54, 1.807) is 0 Å². The SMILES string of the molecule is CC(CN1CCC(=O)N2CCCCC2C1=O)C1CC1. The van der Waals surface area contributed by atoms with Crippen LogP contribution in [0, 0.1) is 11.8 Å². The highest BCUT2D eigenvalue weighted by molar-refractivity contribution is 5.90. The van der Waals surface area contributed by atoms with Crippen LogP contribution < -0.4 is 0 Å². The van der Waals surface area contributed by atoms with Crippen LogP contribution in [0.25, 0.3) is 0 Å². The monoisotopic (exact) mass is 264 g/mol. The largest absolute Gasteiger partial charge is 0.340 e. The third-order valence-electron chi connectivity index (χ3n) is 4.95. The van der Waals surface area contributed by atoms with Crippen LogP contribution in [-0.4, -0.2) is 47.3 Å². The van der Waals surface area contributed by atoms with Crippen LogP contribution in [-0.2, 0) is 9.59 Å². The predicted octanol–water partition coefficient (Wildman–Crippen LogP) is 1.65. The second-order valence-corrected chi connectivity index (χ2v) is 6.45. The zero-order valence-corrected chi connectivity index (χ0v) is 11.8. The minimum Gasteiger partial charge on any atom is -0.340 e. The van der Waals surface area contributed by atoms with E-state index in [-0.39, 0.29) is 17.9 Å². The van der Waals surface area contributed by atoms with Crippen LogP contribution in [0.15, 0.2) is 0 Å². The Balaban J connectivity index is 1.70.